The molecule has 0 aromatic heterocycles. The highest BCUT2D eigenvalue weighted by Crippen LogP contribution is 2.21. The predicted octanol–water partition coefficient (Wildman–Crippen LogP) is 3.48. The van der Waals surface area contributed by atoms with E-state index in [-0.39, 0.29) is 4.90 Å². The largest absolute Gasteiger partial charge is 0.387 e. The number of aliphatic hydroxyl groups is 1. The van der Waals surface area contributed by atoms with E-state index in [0.29, 0.717) is 0 Å². The summed E-state index contributed by atoms with van der Waals surface area (Å²) in [7, 11) is -3.68. The number of rotatable bonds is 6. The van der Waals surface area contributed by atoms with E-state index in [2.05, 4.69) is 0 Å². The average Bonchev–Trinajstić information content (AvgIpc) is 2.57. The number of sulfone groups is 1. The lowest BCUT2D eigenvalue weighted by Gasteiger charge is -2.18. The highest BCUT2D eigenvalue weighted by molar-refractivity contribution is 7.92. The lowest BCUT2D eigenvalue weighted by molar-refractivity contribution is 0.228. The van der Waals surface area contributed by atoms with Gasteiger partial charge in [-0.15, -0.1) is 0 Å². The van der Waals surface area contributed by atoms with Crippen molar-refractivity contribution in [2.75, 3.05) is 0 Å². The molecule has 0 radical (unpaired) electrons. The lowest BCUT2D eigenvalue weighted by atomic mass is 10.1. The molecule has 2 atom stereocenters. The first kappa shape index (κ1) is 17.2. The zero-order valence-corrected chi connectivity index (χ0v) is 13.7. The Morgan fingerprint density at radius 2 is 1.48 bits per heavy atom. The Labute approximate surface area is 137 Å². The SMILES string of the molecule is C/C=C/C(O)C(/C=C/c1ccccc1)S(=O)(=O)c1ccccc1. The second-order valence-corrected chi connectivity index (χ2v) is 7.21. The van der Waals surface area contributed by atoms with E-state index in [1.165, 1.54) is 6.08 Å². The zero-order valence-electron chi connectivity index (χ0n) is 12.9. The van der Waals surface area contributed by atoms with Crippen molar-refractivity contribution in [3.05, 3.63) is 84.5 Å². The van der Waals surface area contributed by atoms with Crippen LogP contribution in [0.5, 0.6) is 0 Å². The van der Waals surface area contributed by atoms with Gasteiger partial charge in [0, 0.05) is 0 Å². The van der Waals surface area contributed by atoms with E-state index in [9.17, 15) is 13.5 Å². The molecule has 2 aromatic carbocycles. The van der Waals surface area contributed by atoms with Crippen LogP contribution in [0.2, 0.25) is 0 Å². The Kier molecular flexibility index (Phi) is 5.90. The Bertz CT molecular complexity index is 763. The minimum absolute atomic E-state index is 0.200. The van der Waals surface area contributed by atoms with Crippen LogP contribution in [0.4, 0.5) is 0 Å². The molecule has 0 aliphatic rings. The molecule has 2 unspecified atom stereocenters. The van der Waals surface area contributed by atoms with Gasteiger partial charge in [-0.25, -0.2) is 8.42 Å². The number of aliphatic hydroxyl groups excluding tert-OH is 1. The van der Waals surface area contributed by atoms with Gasteiger partial charge < -0.3 is 5.11 Å². The lowest BCUT2D eigenvalue weighted by Crippen LogP contribution is -2.31. The van der Waals surface area contributed by atoms with Crippen molar-refractivity contribution in [2.24, 2.45) is 0 Å². The summed E-state index contributed by atoms with van der Waals surface area (Å²) in [5, 5.41) is 9.23. The minimum atomic E-state index is -3.68. The molecule has 1 N–H and O–H groups in total. The first-order valence-electron chi connectivity index (χ1n) is 7.39. The molecule has 0 fully saturated rings. The highest BCUT2D eigenvalue weighted by atomic mass is 32.2. The van der Waals surface area contributed by atoms with E-state index in [0.717, 1.165) is 5.56 Å². The first-order valence-corrected chi connectivity index (χ1v) is 8.93. The maximum atomic E-state index is 12.8. The molecule has 0 saturated carbocycles. The molecule has 0 aliphatic carbocycles. The van der Waals surface area contributed by atoms with Crippen LogP contribution in [0.15, 0.2) is 83.8 Å². The molecule has 0 spiro atoms. The van der Waals surface area contributed by atoms with Crippen LogP contribution in [-0.2, 0) is 9.84 Å². The van der Waals surface area contributed by atoms with Gasteiger partial charge in [0.1, 0.15) is 5.25 Å². The summed E-state index contributed by atoms with van der Waals surface area (Å²) in [5.74, 6) is 0. The van der Waals surface area contributed by atoms with E-state index in [1.807, 2.05) is 30.3 Å². The Hall–Kier alpha value is -2.17. The number of hydrogen-bond donors (Lipinski definition) is 1. The molecule has 4 heteroatoms. The third kappa shape index (κ3) is 4.41. The van der Waals surface area contributed by atoms with Gasteiger partial charge in [-0.3, -0.25) is 0 Å². The third-order valence-corrected chi connectivity index (χ3v) is 5.52. The standard InChI is InChI=1S/C19H20O3S/c1-2-9-18(20)19(15-14-16-10-5-3-6-11-16)23(21,22)17-12-7-4-8-13-17/h2-15,18-20H,1H3/b9-2+,15-14+. The summed E-state index contributed by atoms with van der Waals surface area (Å²) in [6.07, 6.45) is 5.29. The van der Waals surface area contributed by atoms with Gasteiger partial charge in [-0.2, -0.15) is 0 Å². The molecule has 3 nitrogen and oxygen atoms in total. The molecule has 2 aromatic rings. The molecule has 0 aliphatic heterocycles. The second-order valence-electron chi connectivity index (χ2n) is 5.11. The molecular formula is C19H20O3S. The van der Waals surface area contributed by atoms with Crippen LogP contribution < -0.4 is 0 Å². The molecule has 0 heterocycles. The van der Waals surface area contributed by atoms with Gasteiger partial charge in [0.05, 0.1) is 11.0 Å². The Morgan fingerprint density at radius 1 is 0.913 bits per heavy atom. The van der Waals surface area contributed by atoms with Crippen LogP contribution >= 0.6 is 0 Å². The van der Waals surface area contributed by atoms with Crippen LogP contribution in [0.3, 0.4) is 0 Å². The maximum absolute atomic E-state index is 12.8. The van der Waals surface area contributed by atoms with Crippen molar-refractivity contribution in [1.29, 1.82) is 0 Å². The van der Waals surface area contributed by atoms with Crippen molar-refractivity contribution >= 4 is 15.9 Å². The molecule has 23 heavy (non-hydrogen) atoms. The zero-order chi connectivity index (χ0) is 16.7. The summed E-state index contributed by atoms with van der Waals surface area (Å²) in [5.41, 5.74) is 0.883. The van der Waals surface area contributed by atoms with Crippen LogP contribution in [0.1, 0.15) is 12.5 Å². The average molecular weight is 328 g/mol. The molecule has 120 valence electrons. The fraction of sp³-hybridized carbons (Fsp3) is 0.158. The van der Waals surface area contributed by atoms with Crippen LogP contribution in [0.25, 0.3) is 6.08 Å². The number of benzene rings is 2. The van der Waals surface area contributed by atoms with Gasteiger partial charge in [0.15, 0.2) is 9.84 Å². The predicted molar refractivity (Wildman–Crippen MR) is 93.7 cm³/mol. The van der Waals surface area contributed by atoms with Crippen molar-refractivity contribution in [3.8, 4) is 0 Å². The molecule has 2 rings (SSSR count). The summed E-state index contributed by atoms with van der Waals surface area (Å²) in [6, 6.07) is 17.6. The Balaban J connectivity index is 2.40. The normalized spacial score (nSPS) is 15.0. The van der Waals surface area contributed by atoms with Crippen molar-refractivity contribution in [1.82, 2.24) is 0 Å². The van der Waals surface area contributed by atoms with Gasteiger partial charge in [0.25, 0.3) is 0 Å². The van der Waals surface area contributed by atoms with Crippen LogP contribution in [0, 0.1) is 0 Å². The van der Waals surface area contributed by atoms with Crippen LogP contribution in [-0.4, -0.2) is 24.9 Å². The summed E-state index contributed by atoms with van der Waals surface area (Å²) in [6.45, 7) is 1.75. The fourth-order valence-electron chi connectivity index (χ4n) is 2.24. The van der Waals surface area contributed by atoms with Gasteiger partial charge in [-0.1, -0.05) is 72.8 Å². The smallest absolute Gasteiger partial charge is 0.187 e. The number of hydrogen-bond acceptors (Lipinski definition) is 3. The van der Waals surface area contributed by atoms with Crippen molar-refractivity contribution < 1.29 is 13.5 Å². The molecule has 0 bridgehead atoms. The highest BCUT2D eigenvalue weighted by Gasteiger charge is 2.30. The maximum Gasteiger partial charge on any atom is 0.187 e. The summed E-state index contributed by atoms with van der Waals surface area (Å²) >= 11 is 0. The fourth-order valence-corrected chi connectivity index (χ4v) is 3.84. The number of allylic oxidation sites excluding steroid dienone is 1. The molecule has 0 amide bonds. The van der Waals surface area contributed by atoms with Crippen molar-refractivity contribution in [2.45, 2.75) is 23.2 Å². The second kappa shape index (κ2) is 7.90. The van der Waals surface area contributed by atoms with E-state index >= 15 is 0 Å². The van der Waals surface area contributed by atoms with Crippen molar-refractivity contribution in [3.63, 3.8) is 0 Å². The summed E-state index contributed by atoms with van der Waals surface area (Å²) < 4.78 is 25.6. The first-order chi connectivity index (χ1) is 11.1. The third-order valence-electron chi connectivity index (χ3n) is 3.43. The van der Waals surface area contributed by atoms with Gasteiger partial charge >= 0.3 is 0 Å². The summed E-state index contributed by atoms with van der Waals surface area (Å²) in [4.78, 5) is 0.200. The van der Waals surface area contributed by atoms with Gasteiger partial charge in [0.2, 0.25) is 0 Å². The molecular weight excluding hydrogens is 308 g/mol. The van der Waals surface area contributed by atoms with E-state index in [1.54, 1.807) is 55.5 Å². The van der Waals surface area contributed by atoms with Gasteiger partial charge in [-0.05, 0) is 24.6 Å². The monoisotopic (exact) mass is 328 g/mol. The minimum Gasteiger partial charge on any atom is -0.387 e. The topological polar surface area (TPSA) is 54.4 Å². The quantitative estimate of drug-likeness (QED) is 0.826. The van der Waals surface area contributed by atoms with E-state index in [4.69, 9.17) is 0 Å². The molecule has 0 saturated heterocycles. The Morgan fingerprint density at radius 3 is 2.04 bits per heavy atom. The van der Waals surface area contributed by atoms with E-state index < -0.39 is 21.2 Å².